The van der Waals surface area contributed by atoms with E-state index in [1.165, 1.54) is 0 Å². The summed E-state index contributed by atoms with van der Waals surface area (Å²) in [6.07, 6.45) is 8.95. The average molecular weight is 160 g/mol. The van der Waals surface area contributed by atoms with Gasteiger partial charge in [0, 0.05) is 5.92 Å². The Morgan fingerprint density at radius 3 is 2.58 bits per heavy atom. The first-order chi connectivity index (χ1) is 5.72. The zero-order valence-electron chi connectivity index (χ0n) is 8.04. The topological polar surface area (TPSA) is 0 Å². The van der Waals surface area contributed by atoms with Gasteiger partial charge < -0.3 is 0 Å². The first-order valence-electron chi connectivity index (χ1n) is 4.77. The molecule has 0 nitrogen and oxygen atoms in total. The van der Waals surface area contributed by atoms with Gasteiger partial charge in [-0.1, -0.05) is 43.7 Å². The molecule has 0 amide bonds. The van der Waals surface area contributed by atoms with Gasteiger partial charge in [0.15, 0.2) is 0 Å². The van der Waals surface area contributed by atoms with Crippen molar-refractivity contribution in [1.82, 2.24) is 0 Å². The van der Waals surface area contributed by atoms with Gasteiger partial charge in [0.05, 0.1) is 0 Å². The molecule has 0 spiro atoms. The summed E-state index contributed by atoms with van der Waals surface area (Å²) in [7, 11) is 0. The standard InChI is InChI=1S/C12H16/c1-8-9(2)11-6-4-5-7-12(11)10(8)3/h4-9,11H,1-3H3. The molecule has 12 heavy (non-hydrogen) atoms. The predicted octanol–water partition coefficient (Wildman–Crippen LogP) is 3.33. The van der Waals surface area contributed by atoms with Crippen LogP contribution in [0.25, 0.3) is 0 Å². The number of allylic oxidation sites excluding steroid dienone is 6. The maximum Gasteiger partial charge on any atom is 0.00519 e. The summed E-state index contributed by atoms with van der Waals surface area (Å²) in [6, 6.07) is 0. The van der Waals surface area contributed by atoms with Gasteiger partial charge in [-0.25, -0.2) is 0 Å². The SMILES string of the molecule is CC1=C2C=CC=CC2C(C)C1C. The first kappa shape index (κ1) is 7.85. The lowest BCUT2D eigenvalue weighted by molar-refractivity contribution is 0.419. The van der Waals surface area contributed by atoms with Gasteiger partial charge in [-0.2, -0.15) is 0 Å². The molecule has 3 atom stereocenters. The highest BCUT2D eigenvalue weighted by atomic mass is 14.4. The van der Waals surface area contributed by atoms with E-state index in [0.29, 0.717) is 5.92 Å². The number of fused-ring (bicyclic) bond motifs is 1. The van der Waals surface area contributed by atoms with E-state index in [9.17, 15) is 0 Å². The van der Waals surface area contributed by atoms with Crippen molar-refractivity contribution in [3.8, 4) is 0 Å². The fourth-order valence-corrected chi connectivity index (χ4v) is 2.38. The molecule has 0 aromatic carbocycles. The van der Waals surface area contributed by atoms with Crippen molar-refractivity contribution in [3.63, 3.8) is 0 Å². The van der Waals surface area contributed by atoms with Crippen molar-refractivity contribution < 1.29 is 0 Å². The van der Waals surface area contributed by atoms with Crippen LogP contribution in [0.4, 0.5) is 0 Å². The van der Waals surface area contributed by atoms with E-state index in [2.05, 4.69) is 45.1 Å². The maximum atomic E-state index is 2.36. The average Bonchev–Trinajstić information content (AvgIpc) is 2.33. The Kier molecular flexibility index (Phi) is 1.71. The van der Waals surface area contributed by atoms with Crippen LogP contribution < -0.4 is 0 Å². The summed E-state index contributed by atoms with van der Waals surface area (Å²) in [5, 5.41) is 0. The van der Waals surface area contributed by atoms with E-state index in [1.807, 2.05) is 0 Å². The Labute approximate surface area is 74.7 Å². The molecule has 2 aliphatic carbocycles. The molecule has 0 aliphatic heterocycles. The van der Waals surface area contributed by atoms with Crippen molar-refractivity contribution in [3.05, 3.63) is 35.5 Å². The molecule has 2 rings (SSSR count). The Hall–Kier alpha value is -0.780. The quantitative estimate of drug-likeness (QED) is 0.510. The molecule has 0 fully saturated rings. The molecule has 0 heteroatoms. The van der Waals surface area contributed by atoms with Gasteiger partial charge in [0.1, 0.15) is 0 Å². The van der Waals surface area contributed by atoms with Crippen molar-refractivity contribution in [2.75, 3.05) is 0 Å². The summed E-state index contributed by atoms with van der Waals surface area (Å²) in [4.78, 5) is 0. The van der Waals surface area contributed by atoms with Gasteiger partial charge in [0.2, 0.25) is 0 Å². The van der Waals surface area contributed by atoms with Crippen LogP contribution >= 0.6 is 0 Å². The van der Waals surface area contributed by atoms with Crippen LogP contribution in [0.3, 0.4) is 0 Å². The molecule has 0 N–H and O–H groups in total. The van der Waals surface area contributed by atoms with Crippen molar-refractivity contribution in [1.29, 1.82) is 0 Å². The maximum absolute atomic E-state index is 2.36. The first-order valence-corrected chi connectivity index (χ1v) is 4.77. The Balaban J connectivity index is 2.42. The van der Waals surface area contributed by atoms with Crippen molar-refractivity contribution in [2.45, 2.75) is 20.8 Å². The summed E-state index contributed by atoms with van der Waals surface area (Å²) >= 11 is 0. The molecule has 0 saturated carbocycles. The van der Waals surface area contributed by atoms with Gasteiger partial charge in [-0.05, 0) is 24.3 Å². The third-order valence-electron chi connectivity index (χ3n) is 3.56. The minimum atomic E-state index is 0.699. The zero-order chi connectivity index (χ0) is 8.72. The molecular weight excluding hydrogens is 144 g/mol. The highest BCUT2D eigenvalue weighted by Gasteiger charge is 2.33. The third-order valence-corrected chi connectivity index (χ3v) is 3.56. The minimum absolute atomic E-state index is 0.699. The van der Waals surface area contributed by atoms with Crippen LogP contribution in [0.5, 0.6) is 0 Å². The Bertz CT molecular complexity index is 278. The third kappa shape index (κ3) is 0.906. The molecule has 0 aromatic heterocycles. The van der Waals surface area contributed by atoms with Crippen LogP contribution in [0.2, 0.25) is 0 Å². The normalized spacial score (nSPS) is 39.1. The molecule has 2 aliphatic rings. The number of hydrogen-bond acceptors (Lipinski definition) is 0. The van der Waals surface area contributed by atoms with E-state index in [-0.39, 0.29) is 0 Å². The second kappa shape index (κ2) is 2.62. The zero-order valence-corrected chi connectivity index (χ0v) is 8.04. The largest absolute Gasteiger partial charge is 0.0767 e. The predicted molar refractivity (Wildman–Crippen MR) is 52.8 cm³/mol. The molecule has 0 heterocycles. The van der Waals surface area contributed by atoms with Crippen LogP contribution in [0.1, 0.15) is 20.8 Å². The molecule has 0 aromatic rings. The summed E-state index contributed by atoms with van der Waals surface area (Å²) in [5.41, 5.74) is 3.16. The van der Waals surface area contributed by atoms with Gasteiger partial charge in [-0.3, -0.25) is 0 Å². The van der Waals surface area contributed by atoms with E-state index in [4.69, 9.17) is 0 Å². The summed E-state index contributed by atoms with van der Waals surface area (Å²) in [6.45, 7) is 6.97. The second-order valence-electron chi connectivity index (χ2n) is 4.06. The molecular formula is C12H16. The van der Waals surface area contributed by atoms with Crippen molar-refractivity contribution >= 4 is 0 Å². The number of hydrogen-bond donors (Lipinski definition) is 0. The molecule has 0 radical (unpaired) electrons. The molecule has 3 unspecified atom stereocenters. The lowest BCUT2D eigenvalue weighted by Gasteiger charge is -2.18. The van der Waals surface area contributed by atoms with Crippen LogP contribution in [0, 0.1) is 17.8 Å². The van der Waals surface area contributed by atoms with E-state index in [0.717, 1.165) is 11.8 Å². The second-order valence-corrected chi connectivity index (χ2v) is 4.06. The fourth-order valence-electron chi connectivity index (χ4n) is 2.38. The van der Waals surface area contributed by atoms with E-state index in [1.54, 1.807) is 11.1 Å². The van der Waals surface area contributed by atoms with Crippen LogP contribution in [-0.2, 0) is 0 Å². The fraction of sp³-hybridized carbons (Fsp3) is 0.500. The smallest absolute Gasteiger partial charge is 0.00519 e. The highest BCUT2D eigenvalue weighted by Crippen LogP contribution is 2.43. The minimum Gasteiger partial charge on any atom is -0.0767 e. The lowest BCUT2D eigenvalue weighted by atomic mass is 9.86. The Morgan fingerprint density at radius 1 is 1.17 bits per heavy atom. The van der Waals surface area contributed by atoms with E-state index < -0.39 is 0 Å². The summed E-state index contributed by atoms with van der Waals surface area (Å²) < 4.78 is 0. The molecule has 0 bridgehead atoms. The van der Waals surface area contributed by atoms with Gasteiger partial charge in [0.25, 0.3) is 0 Å². The highest BCUT2D eigenvalue weighted by molar-refractivity contribution is 5.41. The monoisotopic (exact) mass is 160 g/mol. The Morgan fingerprint density at radius 2 is 1.92 bits per heavy atom. The molecule has 64 valence electrons. The number of rotatable bonds is 0. The molecule has 0 saturated heterocycles. The van der Waals surface area contributed by atoms with Gasteiger partial charge in [-0.15, -0.1) is 0 Å². The van der Waals surface area contributed by atoms with Gasteiger partial charge >= 0.3 is 0 Å². The van der Waals surface area contributed by atoms with Crippen molar-refractivity contribution in [2.24, 2.45) is 17.8 Å². The van der Waals surface area contributed by atoms with Crippen LogP contribution in [0.15, 0.2) is 35.5 Å². The lowest BCUT2D eigenvalue weighted by Crippen LogP contribution is -2.10. The van der Waals surface area contributed by atoms with Crippen LogP contribution in [-0.4, -0.2) is 0 Å². The van der Waals surface area contributed by atoms with E-state index >= 15 is 0 Å². The summed E-state index contributed by atoms with van der Waals surface area (Å²) in [5.74, 6) is 2.25.